The van der Waals surface area contributed by atoms with Crippen LogP contribution in [-0.2, 0) is 0 Å². The fourth-order valence-electron chi connectivity index (χ4n) is 2.95. The molecule has 1 aromatic heterocycles. The molecule has 1 aliphatic heterocycles. The van der Waals surface area contributed by atoms with Crippen LogP contribution in [0.4, 0.5) is 5.69 Å². The maximum atomic E-state index is 4.38. The maximum Gasteiger partial charge on any atom is 0.181 e. The van der Waals surface area contributed by atoms with Crippen molar-refractivity contribution < 1.29 is 0 Å². The zero-order valence-corrected chi connectivity index (χ0v) is 12.7. The lowest BCUT2D eigenvalue weighted by atomic mass is 10.1. The molecule has 3 rings (SSSR count). The van der Waals surface area contributed by atoms with Gasteiger partial charge in [-0.1, -0.05) is 12.1 Å². The van der Waals surface area contributed by atoms with Gasteiger partial charge in [-0.15, -0.1) is 0 Å². The number of benzene rings is 1. The van der Waals surface area contributed by atoms with Crippen molar-refractivity contribution in [3.63, 3.8) is 0 Å². The van der Waals surface area contributed by atoms with Gasteiger partial charge in [0.05, 0.1) is 0 Å². The van der Waals surface area contributed by atoms with E-state index in [1.54, 1.807) is 0 Å². The summed E-state index contributed by atoms with van der Waals surface area (Å²) < 4.78 is 0. The molecule has 0 spiro atoms. The molecule has 5 nitrogen and oxygen atoms in total. The van der Waals surface area contributed by atoms with Gasteiger partial charge in [0, 0.05) is 23.3 Å². The number of nitrogens with one attached hydrogen (secondary N) is 3. The summed E-state index contributed by atoms with van der Waals surface area (Å²) >= 11 is 0. The number of H-pyrrole nitrogens is 1. The Morgan fingerprint density at radius 2 is 2.33 bits per heavy atom. The lowest BCUT2D eigenvalue weighted by Crippen LogP contribution is -2.29. The number of aryl methyl sites for hydroxylation is 1. The number of anilines is 1. The first-order chi connectivity index (χ1) is 10.2. The van der Waals surface area contributed by atoms with Crippen LogP contribution >= 0.6 is 0 Å². The van der Waals surface area contributed by atoms with E-state index in [1.165, 1.54) is 12.8 Å². The van der Waals surface area contributed by atoms with Gasteiger partial charge in [-0.05, 0) is 51.8 Å². The monoisotopic (exact) mass is 285 g/mol. The maximum absolute atomic E-state index is 4.38. The second kappa shape index (κ2) is 6.26. The molecule has 3 N–H and O–H groups in total. The van der Waals surface area contributed by atoms with Crippen LogP contribution in [0.5, 0.6) is 0 Å². The highest BCUT2D eigenvalue weighted by atomic mass is 15.2. The summed E-state index contributed by atoms with van der Waals surface area (Å²) in [5.41, 5.74) is 2.16. The standard InChI is InChI=1S/C16H23N5/c1-11(9-14-7-4-8-17-14)18-15-6-3-5-13(10-15)16-19-12(2)20-21-16/h3,5-6,10-11,14,17-18H,4,7-9H2,1-2H3,(H,19,20,21). The molecule has 2 aromatic rings. The third-order valence-electron chi connectivity index (χ3n) is 3.93. The van der Waals surface area contributed by atoms with Crippen molar-refractivity contribution in [3.05, 3.63) is 30.1 Å². The third-order valence-corrected chi connectivity index (χ3v) is 3.93. The van der Waals surface area contributed by atoms with Gasteiger partial charge in [0.25, 0.3) is 0 Å². The second-order valence-electron chi connectivity index (χ2n) is 5.90. The summed E-state index contributed by atoms with van der Waals surface area (Å²) in [5, 5.41) is 14.2. The average Bonchev–Trinajstić information content (AvgIpc) is 3.10. The summed E-state index contributed by atoms with van der Waals surface area (Å²) in [6.45, 7) is 5.32. The van der Waals surface area contributed by atoms with Gasteiger partial charge in [-0.25, -0.2) is 4.98 Å². The molecule has 2 heterocycles. The van der Waals surface area contributed by atoms with Crippen LogP contribution in [-0.4, -0.2) is 33.8 Å². The van der Waals surface area contributed by atoms with Crippen LogP contribution in [0, 0.1) is 6.92 Å². The molecule has 2 atom stereocenters. The van der Waals surface area contributed by atoms with Gasteiger partial charge in [0.2, 0.25) is 0 Å². The van der Waals surface area contributed by atoms with Gasteiger partial charge in [-0.3, -0.25) is 5.10 Å². The van der Waals surface area contributed by atoms with Crippen molar-refractivity contribution >= 4 is 5.69 Å². The van der Waals surface area contributed by atoms with Crippen LogP contribution in [0.15, 0.2) is 24.3 Å². The Kier molecular flexibility index (Phi) is 4.20. The first-order valence-corrected chi connectivity index (χ1v) is 7.70. The molecule has 0 saturated carbocycles. The molecule has 0 amide bonds. The highest BCUT2D eigenvalue weighted by Crippen LogP contribution is 2.21. The van der Waals surface area contributed by atoms with E-state index in [0.29, 0.717) is 12.1 Å². The Labute approximate surface area is 125 Å². The van der Waals surface area contributed by atoms with Crippen LogP contribution in [0.2, 0.25) is 0 Å². The molecule has 1 fully saturated rings. The van der Waals surface area contributed by atoms with Crippen LogP contribution in [0.25, 0.3) is 11.4 Å². The van der Waals surface area contributed by atoms with E-state index in [1.807, 2.05) is 19.1 Å². The summed E-state index contributed by atoms with van der Waals surface area (Å²) in [6.07, 6.45) is 3.75. The van der Waals surface area contributed by atoms with E-state index >= 15 is 0 Å². The Morgan fingerprint density at radius 3 is 3.05 bits per heavy atom. The van der Waals surface area contributed by atoms with Gasteiger partial charge < -0.3 is 10.6 Å². The second-order valence-corrected chi connectivity index (χ2v) is 5.90. The topological polar surface area (TPSA) is 65.6 Å². The SMILES string of the molecule is Cc1nc(-c2cccc(NC(C)CC3CCCN3)c2)n[nH]1. The molecule has 1 aliphatic rings. The molecule has 1 aromatic carbocycles. The Balaban J connectivity index is 1.65. The lowest BCUT2D eigenvalue weighted by Gasteiger charge is -2.19. The highest BCUT2D eigenvalue weighted by molar-refractivity contribution is 5.62. The van der Waals surface area contributed by atoms with Crippen molar-refractivity contribution in [2.45, 2.75) is 45.2 Å². The fourth-order valence-corrected chi connectivity index (χ4v) is 2.95. The van der Waals surface area contributed by atoms with Crippen LogP contribution in [0.3, 0.4) is 0 Å². The van der Waals surface area contributed by atoms with Crippen molar-refractivity contribution in [1.29, 1.82) is 0 Å². The van der Waals surface area contributed by atoms with E-state index in [0.717, 1.165) is 35.9 Å². The molecule has 112 valence electrons. The van der Waals surface area contributed by atoms with Crippen LogP contribution < -0.4 is 10.6 Å². The predicted molar refractivity (Wildman–Crippen MR) is 85.3 cm³/mol. The van der Waals surface area contributed by atoms with Crippen molar-refractivity contribution in [3.8, 4) is 11.4 Å². The zero-order valence-electron chi connectivity index (χ0n) is 12.7. The number of aromatic nitrogens is 3. The quantitative estimate of drug-likeness (QED) is 0.790. The summed E-state index contributed by atoms with van der Waals surface area (Å²) in [4.78, 5) is 4.38. The first-order valence-electron chi connectivity index (χ1n) is 7.70. The van der Waals surface area contributed by atoms with Gasteiger partial charge in [0.15, 0.2) is 5.82 Å². The van der Waals surface area contributed by atoms with Crippen molar-refractivity contribution in [2.24, 2.45) is 0 Å². The van der Waals surface area contributed by atoms with E-state index in [4.69, 9.17) is 0 Å². The number of hydrogen-bond acceptors (Lipinski definition) is 4. The summed E-state index contributed by atoms with van der Waals surface area (Å²) in [6, 6.07) is 9.40. The Morgan fingerprint density at radius 1 is 1.43 bits per heavy atom. The average molecular weight is 285 g/mol. The molecule has 0 bridgehead atoms. The molecule has 1 saturated heterocycles. The molecule has 0 aliphatic carbocycles. The normalized spacial score (nSPS) is 19.6. The molecule has 21 heavy (non-hydrogen) atoms. The number of aromatic amines is 1. The Hall–Kier alpha value is -1.88. The van der Waals surface area contributed by atoms with E-state index in [9.17, 15) is 0 Å². The van der Waals surface area contributed by atoms with Crippen molar-refractivity contribution in [2.75, 3.05) is 11.9 Å². The minimum Gasteiger partial charge on any atom is -0.383 e. The van der Waals surface area contributed by atoms with Gasteiger partial charge in [-0.2, -0.15) is 5.10 Å². The first kappa shape index (κ1) is 14.1. The number of nitrogens with zero attached hydrogens (tertiary/aromatic N) is 2. The smallest absolute Gasteiger partial charge is 0.181 e. The summed E-state index contributed by atoms with van der Waals surface area (Å²) in [5.74, 6) is 1.59. The lowest BCUT2D eigenvalue weighted by molar-refractivity contribution is 0.523. The molecule has 5 heteroatoms. The highest BCUT2D eigenvalue weighted by Gasteiger charge is 2.17. The number of rotatable bonds is 5. The minimum atomic E-state index is 0.449. The minimum absolute atomic E-state index is 0.449. The molecular weight excluding hydrogens is 262 g/mol. The molecule has 2 unspecified atom stereocenters. The largest absolute Gasteiger partial charge is 0.383 e. The zero-order chi connectivity index (χ0) is 14.7. The van der Waals surface area contributed by atoms with Crippen molar-refractivity contribution in [1.82, 2.24) is 20.5 Å². The van der Waals surface area contributed by atoms with Gasteiger partial charge >= 0.3 is 0 Å². The predicted octanol–water partition coefficient (Wildman–Crippen LogP) is 2.72. The molecular formula is C16H23N5. The van der Waals surface area contributed by atoms with Crippen LogP contribution in [0.1, 0.15) is 32.0 Å². The number of hydrogen-bond donors (Lipinski definition) is 3. The molecule has 0 radical (unpaired) electrons. The third kappa shape index (κ3) is 3.61. The summed E-state index contributed by atoms with van der Waals surface area (Å²) in [7, 11) is 0. The van der Waals surface area contributed by atoms with E-state index < -0.39 is 0 Å². The van der Waals surface area contributed by atoms with E-state index in [-0.39, 0.29) is 0 Å². The fraction of sp³-hybridized carbons (Fsp3) is 0.500. The van der Waals surface area contributed by atoms with E-state index in [2.05, 4.69) is 44.9 Å². The van der Waals surface area contributed by atoms with Gasteiger partial charge in [0.1, 0.15) is 5.82 Å². The Bertz CT molecular complexity index is 586.